The normalized spacial score (nSPS) is 22.8. The van der Waals surface area contributed by atoms with Gasteiger partial charge in [0.1, 0.15) is 17.2 Å². The van der Waals surface area contributed by atoms with E-state index in [9.17, 15) is 8.78 Å². The lowest BCUT2D eigenvalue weighted by Crippen LogP contribution is -2.42. The predicted molar refractivity (Wildman–Crippen MR) is 118 cm³/mol. The minimum Gasteiger partial charge on any atom is -0.349 e. The fourth-order valence-corrected chi connectivity index (χ4v) is 4.70. The Hall–Kier alpha value is -2.77. The molecule has 0 saturated heterocycles. The second-order valence-electron chi connectivity index (χ2n) is 9.41. The van der Waals surface area contributed by atoms with Crippen molar-refractivity contribution < 1.29 is 8.78 Å². The lowest BCUT2D eigenvalue weighted by atomic mass is 9.79. The Morgan fingerprint density at radius 2 is 1.87 bits per heavy atom. The molecule has 2 fully saturated rings. The van der Waals surface area contributed by atoms with Crippen LogP contribution >= 0.6 is 0 Å². The maximum absolute atomic E-state index is 14.3. The van der Waals surface area contributed by atoms with Crippen molar-refractivity contribution in [2.45, 2.75) is 70.4 Å². The summed E-state index contributed by atoms with van der Waals surface area (Å²) in [6.07, 6.45) is 9.42. The summed E-state index contributed by atoms with van der Waals surface area (Å²) < 4.78 is 29.8. The molecule has 0 unspecified atom stereocenters. The van der Waals surface area contributed by atoms with Crippen molar-refractivity contribution in [2.75, 3.05) is 10.6 Å². The fraction of sp³-hybridized carbons (Fsp3) is 0.522. The summed E-state index contributed by atoms with van der Waals surface area (Å²) in [5.74, 6) is 0.550. The third-order valence-corrected chi connectivity index (χ3v) is 6.83. The van der Waals surface area contributed by atoms with E-state index < -0.39 is 11.6 Å². The molecule has 0 aliphatic heterocycles. The van der Waals surface area contributed by atoms with Crippen LogP contribution in [0.4, 0.5) is 26.4 Å². The van der Waals surface area contributed by atoms with Crippen LogP contribution in [0.25, 0.3) is 11.2 Å². The number of imidazole rings is 1. The Balaban J connectivity index is 1.55. The molecule has 2 aliphatic rings. The molecule has 5 rings (SSSR count). The Kier molecular flexibility index (Phi) is 5.02. The van der Waals surface area contributed by atoms with Gasteiger partial charge in [0.25, 0.3) is 0 Å². The van der Waals surface area contributed by atoms with Gasteiger partial charge in [-0.25, -0.2) is 18.7 Å². The first kappa shape index (κ1) is 20.2. The Bertz CT molecular complexity index is 1100. The number of hydrogen-bond acceptors (Lipinski definition) is 5. The van der Waals surface area contributed by atoms with Gasteiger partial charge in [0.05, 0.1) is 11.9 Å². The number of fused-ring (bicyclic) bond motifs is 1. The molecule has 2 heterocycles. The smallest absolute Gasteiger partial charge is 0.225 e. The number of benzene rings is 1. The van der Waals surface area contributed by atoms with Crippen molar-refractivity contribution in [1.29, 1.82) is 0 Å². The third kappa shape index (κ3) is 3.95. The quantitative estimate of drug-likeness (QED) is 0.527. The first-order valence-electron chi connectivity index (χ1n) is 11.2. The van der Waals surface area contributed by atoms with Gasteiger partial charge in [-0.1, -0.05) is 6.92 Å². The molecular formula is C23H28F2N6. The molecular weight excluding hydrogens is 398 g/mol. The topological polar surface area (TPSA) is 67.7 Å². The van der Waals surface area contributed by atoms with Crippen molar-refractivity contribution in [2.24, 2.45) is 5.92 Å². The Morgan fingerprint density at radius 3 is 2.55 bits per heavy atom. The number of nitrogens with one attached hydrogen (secondary N) is 2. The van der Waals surface area contributed by atoms with Gasteiger partial charge < -0.3 is 10.6 Å². The summed E-state index contributed by atoms with van der Waals surface area (Å²) >= 11 is 0. The van der Waals surface area contributed by atoms with Crippen LogP contribution in [0.1, 0.15) is 64.8 Å². The maximum Gasteiger partial charge on any atom is 0.225 e. The molecule has 3 aromatic rings. The highest BCUT2D eigenvalue weighted by Crippen LogP contribution is 2.38. The molecule has 0 amide bonds. The minimum atomic E-state index is -0.651. The molecule has 6 nitrogen and oxygen atoms in total. The van der Waals surface area contributed by atoms with Crippen LogP contribution in [0, 0.1) is 17.6 Å². The van der Waals surface area contributed by atoms with Crippen LogP contribution in [-0.2, 0) is 0 Å². The highest BCUT2D eigenvalue weighted by Gasteiger charge is 2.33. The van der Waals surface area contributed by atoms with E-state index >= 15 is 0 Å². The van der Waals surface area contributed by atoms with Crippen LogP contribution < -0.4 is 10.6 Å². The second kappa shape index (κ2) is 7.73. The van der Waals surface area contributed by atoms with Gasteiger partial charge >= 0.3 is 0 Å². The average molecular weight is 427 g/mol. The zero-order valence-corrected chi connectivity index (χ0v) is 18.0. The summed E-state index contributed by atoms with van der Waals surface area (Å²) in [5.41, 5.74) is 1.63. The zero-order valence-electron chi connectivity index (χ0n) is 18.0. The standard InChI is InChI=1S/C23H28F2N6/c1-14-4-7-16(8-5-14)31-20-19(13-26-21(29-20)30-23(2)10-3-11-23)28-22(31)27-18-9-6-15(24)12-17(18)25/h6,9,12-14,16H,3-5,7-8,10-11H2,1-2H3,(H,27,28)(H,26,29,30). The molecule has 2 aromatic heterocycles. The molecule has 31 heavy (non-hydrogen) atoms. The van der Waals surface area contributed by atoms with Crippen molar-refractivity contribution in [1.82, 2.24) is 19.5 Å². The van der Waals surface area contributed by atoms with E-state index in [2.05, 4.69) is 39.0 Å². The minimum absolute atomic E-state index is 0.0388. The van der Waals surface area contributed by atoms with Crippen molar-refractivity contribution in [3.8, 4) is 0 Å². The van der Waals surface area contributed by atoms with Crippen LogP contribution in [-0.4, -0.2) is 25.1 Å². The van der Waals surface area contributed by atoms with E-state index in [1.54, 1.807) is 6.20 Å². The van der Waals surface area contributed by atoms with Gasteiger partial charge in [-0.15, -0.1) is 0 Å². The van der Waals surface area contributed by atoms with Gasteiger partial charge in [0, 0.05) is 17.6 Å². The SMILES string of the molecule is CC1CCC(n2c(Nc3ccc(F)cc3F)nc3cnc(NC4(C)CCC4)nc32)CC1. The molecule has 2 aliphatic carbocycles. The summed E-state index contributed by atoms with van der Waals surface area (Å²) in [6.45, 7) is 4.47. The lowest BCUT2D eigenvalue weighted by Gasteiger charge is -2.39. The first-order valence-corrected chi connectivity index (χ1v) is 11.2. The number of halogens is 2. The largest absolute Gasteiger partial charge is 0.349 e. The monoisotopic (exact) mass is 426 g/mol. The van der Waals surface area contributed by atoms with Crippen molar-refractivity contribution >= 4 is 28.7 Å². The number of aromatic nitrogens is 4. The Labute approximate surface area is 180 Å². The third-order valence-electron chi connectivity index (χ3n) is 6.83. The predicted octanol–water partition coefficient (Wildman–Crippen LogP) is 5.95. The van der Waals surface area contributed by atoms with Crippen molar-refractivity contribution in [3.05, 3.63) is 36.0 Å². The molecule has 0 atom stereocenters. The molecule has 2 N–H and O–H groups in total. The zero-order chi connectivity index (χ0) is 21.6. The van der Waals surface area contributed by atoms with E-state index in [4.69, 9.17) is 4.98 Å². The number of nitrogens with zero attached hydrogens (tertiary/aromatic N) is 4. The lowest BCUT2D eigenvalue weighted by molar-refractivity contribution is 0.294. The van der Waals surface area contributed by atoms with Gasteiger partial charge in [0.2, 0.25) is 11.9 Å². The summed E-state index contributed by atoms with van der Waals surface area (Å²) in [7, 11) is 0. The molecule has 8 heteroatoms. The van der Waals surface area contributed by atoms with Crippen LogP contribution in [0.2, 0.25) is 0 Å². The number of hydrogen-bond donors (Lipinski definition) is 2. The van der Waals surface area contributed by atoms with Crippen LogP contribution in [0.3, 0.4) is 0 Å². The Morgan fingerprint density at radius 1 is 1.10 bits per heavy atom. The molecule has 164 valence electrons. The van der Waals surface area contributed by atoms with Gasteiger partial charge in [-0.2, -0.15) is 4.98 Å². The number of anilines is 3. The molecule has 1 aromatic carbocycles. The van der Waals surface area contributed by atoms with Crippen LogP contribution in [0.15, 0.2) is 24.4 Å². The first-order chi connectivity index (χ1) is 14.9. The number of rotatable bonds is 5. The van der Waals surface area contributed by atoms with E-state index in [0.29, 0.717) is 23.3 Å². The summed E-state index contributed by atoms with van der Waals surface area (Å²) in [5, 5.41) is 6.55. The van der Waals surface area contributed by atoms with Crippen molar-refractivity contribution in [3.63, 3.8) is 0 Å². The molecule has 2 saturated carbocycles. The van der Waals surface area contributed by atoms with Crippen LogP contribution in [0.5, 0.6) is 0 Å². The fourth-order valence-electron chi connectivity index (χ4n) is 4.70. The van der Waals surface area contributed by atoms with Gasteiger partial charge in [-0.05, 0) is 69.9 Å². The van der Waals surface area contributed by atoms with E-state index in [-0.39, 0.29) is 17.3 Å². The average Bonchev–Trinajstić information content (AvgIpc) is 3.07. The molecule has 0 spiro atoms. The van der Waals surface area contributed by atoms with E-state index in [1.165, 1.54) is 18.6 Å². The van der Waals surface area contributed by atoms with Gasteiger partial charge in [-0.3, -0.25) is 4.57 Å². The highest BCUT2D eigenvalue weighted by atomic mass is 19.1. The second-order valence-corrected chi connectivity index (χ2v) is 9.41. The maximum atomic E-state index is 14.3. The molecule has 0 bridgehead atoms. The highest BCUT2D eigenvalue weighted by molar-refractivity contribution is 5.76. The summed E-state index contributed by atoms with van der Waals surface area (Å²) in [4.78, 5) is 14.0. The molecule has 0 radical (unpaired) electrons. The van der Waals surface area contributed by atoms with E-state index in [1.807, 2.05) is 0 Å². The van der Waals surface area contributed by atoms with E-state index in [0.717, 1.165) is 50.2 Å². The van der Waals surface area contributed by atoms with Gasteiger partial charge in [0.15, 0.2) is 5.65 Å². The summed E-state index contributed by atoms with van der Waals surface area (Å²) in [6, 6.07) is 3.72.